The molecule has 45 valence electrons. The molecule has 0 bridgehead atoms. The second-order valence-corrected chi connectivity index (χ2v) is 2.98. The third kappa shape index (κ3) is 1.32. The molecule has 1 radical (unpaired) electrons. The van der Waals surface area contributed by atoms with Crippen LogP contribution in [0, 0.1) is 11.8 Å². The predicted molar refractivity (Wildman–Crippen MR) is 36.1 cm³/mol. The van der Waals surface area contributed by atoms with E-state index in [1.807, 2.05) is 6.21 Å². The number of nitrogens with zero attached hydrogens (tertiary/aromatic N) is 1. The highest BCUT2D eigenvalue weighted by Crippen LogP contribution is 2.21. The van der Waals surface area contributed by atoms with Crippen molar-refractivity contribution >= 4 is 6.21 Å². The summed E-state index contributed by atoms with van der Waals surface area (Å²) in [6.45, 7) is 5.32. The average Bonchev–Trinajstić information content (AvgIpc) is 1.65. The zero-order valence-electron chi connectivity index (χ0n) is 5.52. The first-order valence-electron chi connectivity index (χ1n) is 3.03. The van der Waals surface area contributed by atoms with Crippen LogP contribution in [0.5, 0.6) is 0 Å². The summed E-state index contributed by atoms with van der Waals surface area (Å²) >= 11 is 0. The molecule has 1 nitrogen and oxygen atoms in total. The lowest BCUT2D eigenvalue weighted by Gasteiger charge is -2.21. The molecule has 0 unspecified atom stereocenters. The minimum Gasteiger partial charge on any atom is -0.297 e. The molecule has 0 aromatic carbocycles. The number of hydrogen-bond donors (Lipinski definition) is 0. The van der Waals surface area contributed by atoms with E-state index in [4.69, 9.17) is 0 Å². The Morgan fingerprint density at radius 3 is 2.50 bits per heavy atom. The van der Waals surface area contributed by atoms with Gasteiger partial charge >= 0.3 is 0 Å². The predicted octanol–water partition coefficient (Wildman–Crippen LogP) is 1.69. The van der Waals surface area contributed by atoms with Crippen LogP contribution in [0.2, 0.25) is 0 Å². The summed E-state index contributed by atoms with van der Waals surface area (Å²) in [4.78, 5) is 4.15. The van der Waals surface area contributed by atoms with Gasteiger partial charge in [-0.2, -0.15) is 0 Å². The van der Waals surface area contributed by atoms with E-state index in [9.17, 15) is 0 Å². The van der Waals surface area contributed by atoms with E-state index in [1.54, 1.807) is 0 Å². The van der Waals surface area contributed by atoms with Crippen LogP contribution >= 0.6 is 0 Å². The highest BCUT2D eigenvalue weighted by atomic mass is 14.7. The van der Waals surface area contributed by atoms with Gasteiger partial charge in [-0.15, -0.1) is 0 Å². The fourth-order valence-electron chi connectivity index (χ4n) is 0.864. The van der Waals surface area contributed by atoms with Crippen molar-refractivity contribution in [3.8, 4) is 0 Å². The standard InChI is InChI=1S/C7H12N/c1-7(2)4-3-5-8-6-7/h3,6H,4-5H2,1-2H3. The molecule has 8 heavy (non-hydrogen) atoms. The van der Waals surface area contributed by atoms with E-state index >= 15 is 0 Å². The van der Waals surface area contributed by atoms with Gasteiger partial charge in [0.2, 0.25) is 0 Å². The second kappa shape index (κ2) is 1.88. The fraction of sp³-hybridized carbons (Fsp3) is 0.714. The number of aliphatic imine (C=N–C) groups is 1. The van der Waals surface area contributed by atoms with Gasteiger partial charge in [0.05, 0.1) is 0 Å². The zero-order chi connectivity index (χ0) is 6.04. The van der Waals surface area contributed by atoms with E-state index in [0.717, 1.165) is 6.54 Å². The molecule has 1 aliphatic heterocycles. The quantitative estimate of drug-likeness (QED) is 0.450. The molecule has 0 N–H and O–H groups in total. The molecule has 1 aliphatic rings. The molecule has 0 amide bonds. The van der Waals surface area contributed by atoms with Gasteiger partial charge in [-0.25, -0.2) is 0 Å². The first-order chi connectivity index (χ1) is 3.71. The van der Waals surface area contributed by atoms with Crippen LogP contribution in [-0.2, 0) is 0 Å². The van der Waals surface area contributed by atoms with Gasteiger partial charge < -0.3 is 0 Å². The normalized spacial score (nSPS) is 25.8. The molecule has 0 saturated carbocycles. The van der Waals surface area contributed by atoms with Crippen LogP contribution in [0.25, 0.3) is 0 Å². The Balaban J connectivity index is 2.56. The van der Waals surface area contributed by atoms with Crippen LogP contribution < -0.4 is 0 Å². The highest BCUT2D eigenvalue weighted by molar-refractivity contribution is 5.65. The van der Waals surface area contributed by atoms with E-state index in [0.29, 0.717) is 5.41 Å². The smallest absolute Gasteiger partial charge is 0.0417 e. The third-order valence-electron chi connectivity index (χ3n) is 1.35. The zero-order valence-corrected chi connectivity index (χ0v) is 5.52. The van der Waals surface area contributed by atoms with E-state index in [2.05, 4.69) is 25.3 Å². The third-order valence-corrected chi connectivity index (χ3v) is 1.35. The molecule has 0 fully saturated rings. The van der Waals surface area contributed by atoms with Crippen molar-refractivity contribution in [2.45, 2.75) is 20.3 Å². The number of rotatable bonds is 0. The fourth-order valence-corrected chi connectivity index (χ4v) is 0.864. The van der Waals surface area contributed by atoms with Gasteiger partial charge in [0, 0.05) is 12.8 Å². The van der Waals surface area contributed by atoms with Gasteiger partial charge in [-0.3, -0.25) is 4.99 Å². The van der Waals surface area contributed by atoms with E-state index in [1.165, 1.54) is 6.42 Å². The van der Waals surface area contributed by atoms with E-state index in [-0.39, 0.29) is 0 Å². The summed E-state index contributed by atoms with van der Waals surface area (Å²) in [7, 11) is 0. The van der Waals surface area contributed by atoms with Gasteiger partial charge in [0.25, 0.3) is 0 Å². The van der Waals surface area contributed by atoms with Crippen molar-refractivity contribution in [2.75, 3.05) is 6.54 Å². The molecule has 0 aromatic rings. The lowest BCUT2D eigenvalue weighted by atomic mass is 9.88. The molecule has 1 heterocycles. The van der Waals surface area contributed by atoms with Crippen LogP contribution in [0.1, 0.15) is 20.3 Å². The summed E-state index contributed by atoms with van der Waals surface area (Å²) in [5.41, 5.74) is 0.332. The van der Waals surface area contributed by atoms with Crippen molar-refractivity contribution in [3.63, 3.8) is 0 Å². The summed E-state index contributed by atoms with van der Waals surface area (Å²) in [6, 6.07) is 0. The summed E-state index contributed by atoms with van der Waals surface area (Å²) in [6.07, 6.45) is 5.45. The van der Waals surface area contributed by atoms with Crippen molar-refractivity contribution in [3.05, 3.63) is 6.42 Å². The molecular formula is C7H12N. The van der Waals surface area contributed by atoms with Crippen molar-refractivity contribution in [2.24, 2.45) is 10.4 Å². The van der Waals surface area contributed by atoms with Crippen LogP contribution in [0.4, 0.5) is 0 Å². The first-order valence-corrected chi connectivity index (χ1v) is 3.03. The van der Waals surface area contributed by atoms with Gasteiger partial charge in [0.1, 0.15) is 0 Å². The summed E-state index contributed by atoms with van der Waals surface area (Å²) in [5.74, 6) is 0. The molecule has 0 spiro atoms. The molecule has 1 heteroatoms. The van der Waals surface area contributed by atoms with Crippen molar-refractivity contribution < 1.29 is 0 Å². The summed E-state index contributed by atoms with van der Waals surface area (Å²) in [5, 5.41) is 0. The van der Waals surface area contributed by atoms with Crippen LogP contribution in [0.3, 0.4) is 0 Å². The van der Waals surface area contributed by atoms with Gasteiger partial charge in [-0.05, 0) is 18.3 Å². The molecule has 0 aromatic heterocycles. The Labute approximate surface area is 50.8 Å². The first kappa shape index (κ1) is 5.80. The van der Waals surface area contributed by atoms with Crippen molar-refractivity contribution in [1.29, 1.82) is 0 Å². The molecule has 1 rings (SSSR count). The SMILES string of the molecule is CC1(C)C=NC[CH]C1. The van der Waals surface area contributed by atoms with Crippen molar-refractivity contribution in [1.82, 2.24) is 0 Å². The maximum absolute atomic E-state index is 4.15. The topological polar surface area (TPSA) is 12.4 Å². The molecule has 0 aliphatic carbocycles. The Morgan fingerprint density at radius 1 is 1.50 bits per heavy atom. The van der Waals surface area contributed by atoms with E-state index < -0.39 is 0 Å². The van der Waals surface area contributed by atoms with Crippen LogP contribution in [0.15, 0.2) is 4.99 Å². The minimum atomic E-state index is 0.332. The largest absolute Gasteiger partial charge is 0.297 e. The maximum atomic E-state index is 4.15. The average molecular weight is 110 g/mol. The summed E-state index contributed by atoms with van der Waals surface area (Å²) < 4.78 is 0. The Bertz CT molecular complexity index is 103. The maximum Gasteiger partial charge on any atom is 0.0417 e. The highest BCUT2D eigenvalue weighted by Gasteiger charge is 2.16. The Hall–Kier alpha value is -0.330. The lowest BCUT2D eigenvalue weighted by molar-refractivity contribution is 0.507. The van der Waals surface area contributed by atoms with Gasteiger partial charge in [0.15, 0.2) is 0 Å². The van der Waals surface area contributed by atoms with Crippen LogP contribution in [-0.4, -0.2) is 12.8 Å². The monoisotopic (exact) mass is 110 g/mol. The molecule has 0 saturated heterocycles. The minimum absolute atomic E-state index is 0.332. The lowest BCUT2D eigenvalue weighted by Crippen LogP contribution is -2.17. The number of hydrogen-bond acceptors (Lipinski definition) is 1. The Morgan fingerprint density at radius 2 is 2.25 bits per heavy atom. The molecular weight excluding hydrogens is 98.1 g/mol. The molecule has 0 atom stereocenters. The van der Waals surface area contributed by atoms with Gasteiger partial charge in [-0.1, -0.05) is 13.8 Å². The Kier molecular flexibility index (Phi) is 1.37. The second-order valence-electron chi connectivity index (χ2n) is 2.98.